The normalized spacial score (nSPS) is 19.3. The van der Waals surface area contributed by atoms with Crippen molar-refractivity contribution >= 4 is 11.8 Å². The van der Waals surface area contributed by atoms with Gasteiger partial charge in [-0.3, -0.25) is 11.3 Å². The number of nitrogens with two attached hydrogens (primary N) is 1. The van der Waals surface area contributed by atoms with Crippen molar-refractivity contribution in [2.45, 2.75) is 56.7 Å². The standard InChI is InChI=1S/C12H24N2S/c1-10(2)7-8-11(14-13)9-15-12-5-3-4-6-12/h11-12,14H,1,3-9,13H2,2H3. The van der Waals surface area contributed by atoms with Gasteiger partial charge in [0.1, 0.15) is 0 Å². The predicted octanol–water partition coefficient (Wildman–Crippen LogP) is 2.85. The number of allylic oxidation sites excluding steroid dienone is 1. The molecule has 1 unspecified atom stereocenters. The summed E-state index contributed by atoms with van der Waals surface area (Å²) in [6.45, 7) is 6.00. The van der Waals surface area contributed by atoms with Gasteiger partial charge >= 0.3 is 0 Å². The van der Waals surface area contributed by atoms with Crippen LogP contribution in [0, 0.1) is 0 Å². The molecule has 0 heterocycles. The average Bonchev–Trinajstić information content (AvgIpc) is 2.70. The molecule has 15 heavy (non-hydrogen) atoms. The maximum Gasteiger partial charge on any atom is 0.0304 e. The third kappa shape index (κ3) is 5.59. The maximum atomic E-state index is 5.55. The van der Waals surface area contributed by atoms with E-state index in [-0.39, 0.29) is 0 Å². The molecule has 3 N–H and O–H groups in total. The van der Waals surface area contributed by atoms with E-state index in [1.165, 1.54) is 31.3 Å². The van der Waals surface area contributed by atoms with Crippen LogP contribution in [0.5, 0.6) is 0 Å². The second-order valence-corrected chi connectivity index (χ2v) is 5.93. The first-order valence-corrected chi connectivity index (χ1v) is 6.99. The molecule has 2 nitrogen and oxygen atoms in total. The molecule has 1 aliphatic rings. The molecule has 0 saturated heterocycles. The van der Waals surface area contributed by atoms with Crippen molar-refractivity contribution in [1.82, 2.24) is 5.43 Å². The number of hydrogen-bond donors (Lipinski definition) is 2. The van der Waals surface area contributed by atoms with Gasteiger partial charge in [0, 0.05) is 17.0 Å². The molecule has 1 atom stereocenters. The van der Waals surface area contributed by atoms with E-state index in [4.69, 9.17) is 5.84 Å². The summed E-state index contributed by atoms with van der Waals surface area (Å²) in [5, 5.41) is 0.894. The first kappa shape index (κ1) is 13.1. The third-order valence-electron chi connectivity index (χ3n) is 2.99. The van der Waals surface area contributed by atoms with Gasteiger partial charge in [-0.2, -0.15) is 11.8 Å². The first-order chi connectivity index (χ1) is 7.22. The topological polar surface area (TPSA) is 38.0 Å². The smallest absolute Gasteiger partial charge is 0.0304 e. The lowest BCUT2D eigenvalue weighted by Gasteiger charge is -2.17. The van der Waals surface area contributed by atoms with Crippen molar-refractivity contribution in [1.29, 1.82) is 0 Å². The fourth-order valence-corrected chi connectivity index (χ4v) is 3.38. The minimum atomic E-state index is 0.451. The molecule has 0 amide bonds. The van der Waals surface area contributed by atoms with Gasteiger partial charge in [-0.05, 0) is 32.6 Å². The van der Waals surface area contributed by atoms with Crippen molar-refractivity contribution in [3.05, 3.63) is 12.2 Å². The van der Waals surface area contributed by atoms with Gasteiger partial charge in [0.05, 0.1) is 0 Å². The van der Waals surface area contributed by atoms with Crippen LogP contribution in [0.3, 0.4) is 0 Å². The Hall–Kier alpha value is 0.01000. The highest BCUT2D eigenvalue weighted by Crippen LogP contribution is 2.30. The highest BCUT2D eigenvalue weighted by atomic mass is 32.2. The van der Waals surface area contributed by atoms with E-state index in [0.717, 1.165) is 23.8 Å². The van der Waals surface area contributed by atoms with Crippen molar-refractivity contribution in [2.24, 2.45) is 5.84 Å². The number of hydrogen-bond acceptors (Lipinski definition) is 3. The van der Waals surface area contributed by atoms with E-state index < -0.39 is 0 Å². The van der Waals surface area contributed by atoms with Crippen LogP contribution in [0.25, 0.3) is 0 Å². The molecule has 3 heteroatoms. The van der Waals surface area contributed by atoms with E-state index in [1.54, 1.807) is 0 Å². The highest BCUT2D eigenvalue weighted by molar-refractivity contribution is 7.99. The molecule has 0 bridgehead atoms. The summed E-state index contributed by atoms with van der Waals surface area (Å²) in [4.78, 5) is 0. The van der Waals surface area contributed by atoms with Crippen LogP contribution in [0.15, 0.2) is 12.2 Å². The molecule has 0 spiro atoms. The number of hydrazine groups is 1. The lowest BCUT2D eigenvalue weighted by Crippen LogP contribution is -2.37. The van der Waals surface area contributed by atoms with E-state index in [9.17, 15) is 0 Å². The number of rotatable bonds is 7. The van der Waals surface area contributed by atoms with Crippen LogP contribution in [0.2, 0.25) is 0 Å². The maximum absolute atomic E-state index is 5.55. The Morgan fingerprint density at radius 1 is 1.53 bits per heavy atom. The van der Waals surface area contributed by atoms with Crippen LogP contribution < -0.4 is 11.3 Å². The van der Waals surface area contributed by atoms with Crippen LogP contribution in [-0.4, -0.2) is 17.0 Å². The van der Waals surface area contributed by atoms with Gasteiger partial charge in [0.15, 0.2) is 0 Å². The fourth-order valence-electron chi connectivity index (χ4n) is 1.94. The average molecular weight is 228 g/mol. The van der Waals surface area contributed by atoms with Crippen LogP contribution in [-0.2, 0) is 0 Å². The molecule has 1 fully saturated rings. The summed E-state index contributed by atoms with van der Waals surface area (Å²) in [6.07, 6.45) is 7.85. The van der Waals surface area contributed by atoms with Gasteiger partial charge < -0.3 is 0 Å². The Bertz CT molecular complexity index is 188. The molecule has 1 aliphatic carbocycles. The molecule has 0 radical (unpaired) electrons. The summed E-state index contributed by atoms with van der Waals surface area (Å²) >= 11 is 2.10. The van der Waals surface area contributed by atoms with E-state index >= 15 is 0 Å². The monoisotopic (exact) mass is 228 g/mol. The summed E-state index contributed by atoms with van der Waals surface area (Å²) < 4.78 is 0. The molecule has 0 aromatic rings. The summed E-state index contributed by atoms with van der Waals surface area (Å²) in [5.41, 5.74) is 4.17. The quantitative estimate of drug-likeness (QED) is 0.400. The Morgan fingerprint density at radius 2 is 2.20 bits per heavy atom. The zero-order valence-corrected chi connectivity index (χ0v) is 10.6. The van der Waals surface area contributed by atoms with Crippen molar-refractivity contribution in [3.8, 4) is 0 Å². The lowest BCUT2D eigenvalue weighted by molar-refractivity contribution is 0.537. The van der Waals surface area contributed by atoms with Gasteiger partial charge in [-0.15, -0.1) is 6.58 Å². The van der Waals surface area contributed by atoms with E-state index in [0.29, 0.717) is 6.04 Å². The second-order valence-electron chi connectivity index (χ2n) is 4.60. The molecule has 1 saturated carbocycles. The third-order valence-corrected chi connectivity index (χ3v) is 4.53. The molecule has 0 aromatic heterocycles. The van der Waals surface area contributed by atoms with Crippen molar-refractivity contribution in [2.75, 3.05) is 5.75 Å². The Kier molecular flexibility index (Phi) is 6.37. The first-order valence-electron chi connectivity index (χ1n) is 5.94. The van der Waals surface area contributed by atoms with Crippen LogP contribution in [0.4, 0.5) is 0 Å². The van der Waals surface area contributed by atoms with Crippen LogP contribution >= 0.6 is 11.8 Å². The fraction of sp³-hybridized carbons (Fsp3) is 0.833. The molecular formula is C12H24N2S. The predicted molar refractivity (Wildman–Crippen MR) is 69.9 cm³/mol. The van der Waals surface area contributed by atoms with Crippen LogP contribution in [0.1, 0.15) is 45.4 Å². The summed E-state index contributed by atoms with van der Waals surface area (Å²) in [6, 6.07) is 0.451. The Labute approximate surface area is 98.0 Å². The van der Waals surface area contributed by atoms with Gasteiger partial charge in [-0.25, -0.2) is 0 Å². The molecular weight excluding hydrogens is 204 g/mol. The minimum Gasteiger partial charge on any atom is -0.271 e. The Morgan fingerprint density at radius 3 is 2.73 bits per heavy atom. The van der Waals surface area contributed by atoms with Crippen molar-refractivity contribution < 1.29 is 0 Å². The van der Waals surface area contributed by atoms with E-state index in [2.05, 4.69) is 30.7 Å². The Balaban J connectivity index is 2.12. The molecule has 1 rings (SSSR count). The SMILES string of the molecule is C=C(C)CCC(CSC1CCCC1)NN. The highest BCUT2D eigenvalue weighted by Gasteiger charge is 2.17. The molecule has 88 valence electrons. The number of thioether (sulfide) groups is 1. The second kappa shape index (κ2) is 7.31. The minimum absolute atomic E-state index is 0.451. The zero-order valence-electron chi connectivity index (χ0n) is 9.80. The largest absolute Gasteiger partial charge is 0.271 e. The summed E-state index contributed by atoms with van der Waals surface area (Å²) in [7, 11) is 0. The zero-order chi connectivity index (χ0) is 11.1. The lowest BCUT2D eigenvalue weighted by atomic mass is 10.1. The van der Waals surface area contributed by atoms with E-state index in [1.807, 2.05) is 0 Å². The number of nitrogens with one attached hydrogen (secondary N) is 1. The van der Waals surface area contributed by atoms with Gasteiger partial charge in [-0.1, -0.05) is 18.4 Å². The summed E-state index contributed by atoms with van der Waals surface area (Å²) in [5.74, 6) is 6.70. The van der Waals surface area contributed by atoms with Gasteiger partial charge in [0.2, 0.25) is 0 Å². The molecule has 0 aliphatic heterocycles. The van der Waals surface area contributed by atoms with Crippen molar-refractivity contribution in [3.63, 3.8) is 0 Å². The van der Waals surface area contributed by atoms with Gasteiger partial charge in [0.25, 0.3) is 0 Å². The molecule has 0 aromatic carbocycles.